The van der Waals surface area contributed by atoms with Crippen LogP contribution in [0.5, 0.6) is 0 Å². The lowest BCUT2D eigenvalue weighted by atomic mass is 9.89. The Morgan fingerprint density at radius 1 is 1.30 bits per heavy atom. The molecule has 1 amide bonds. The van der Waals surface area contributed by atoms with Gasteiger partial charge in [0, 0.05) is 25.7 Å². The first-order chi connectivity index (χ1) is 11.0. The monoisotopic (exact) mass is 315 g/mol. The lowest BCUT2D eigenvalue weighted by molar-refractivity contribution is 0.0581. The van der Waals surface area contributed by atoms with E-state index in [1.807, 2.05) is 25.7 Å². The quantitative estimate of drug-likeness (QED) is 0.844. The summed E-state index contributed by atoms with van der Waals surface area (Å²) in [4.78, 5) is 23.2. The van der Waals surface area contributed by atoms with Gasteiger partial charge in [0.05, 0.1) is 17.2 Å². The van der Waals surface area contributed by atoms with Gasteiger partial charge in [-0.2, -0.15) is 0 Å². The zero-order chi connectivity index (χ0) is 16.6. The second-order valence-corrected chi connectivity index (χ2v) is 6.06. The number of nitrogens with zero attached hydrogens (tertiary/aromatic N) is 5. The average molecular weight is 315 g/mol. The molecule has 7 heteroatoms. The molecule has 0 bridgehead atoms. The van der Waals surface area contributed by atoms with E-state index in [2.05, 4.69) is 20.2 Å². The summed E-state index contributed by atoms with van der Waals surface area (Å²) in [5.41, 5.74) is 1.27. The van der Waals surface area contributed by atoms with Crippen LogP contribution in [0, 0.1) is 20.8 Å². The van der Waals surface area contributed by atoms with E-state index in [1.54, 1.807) is 13.1 Å². The van der Waals surface area contributed by atoms with Gasteiger partial charge in [0.2, 0.25) is 11.8 Å². The predicted molar refractivity (Wildman–Crippen MR) is 83.0 cm³/mol. The molecule has 1 aliphatic rings. The van der Waals surface area contributed by atoms with Crippen molar-refractivity contribution < 1.29 is 9.21 Å². The highest BCUT2D eigenvalue weighted by Crippen LogP contribution is 2.32. The van der Waals surface area contributed by atoms with E-state index in [-0.39, 0.29) is 17.9 Å². The third-order valence-electron chi connectivity index (χ3n) is 4.44. The van der Waals surface area contributed by atoms with Crippen molar-refractivity contribution in [2.45, 2.75) is 52.5 Å². The van der Waals surface area contributed by atoms with E-state index in [1.165, 1.54) is 0 Å². The Bertz CT molecular complexity index is 727. The topological polar surface area (TPSA) is 85.0 Å². The first-order valence-electron chi connectivity index (χ1n) is 7.88. The number of carbonyl (C=O) groups is 1. The second-order valence-electron chi connectivity index (χ2n) is 6.06. The molecule has 0 N–H and O–H groups in total. The Morgan fingerprint density at radius 3 is 2.74 bits per heavy atom. The van der Waals surface area contributed by atoms with Gasteiger partial charge in [-0.05, 0) is 33.6 Å². The summed E-state index contributed by atoms with van der Waals surface area (Å²) in [5.74, 6) is 1.88. The van der Waals surface area contributed by atoms with Crippen molar-refractivity contribution in [1.29, 1.82) is 0 Å². The molecule has 0 radical (unpaired) electrons. The molecule has 122 valence electrons. The Kier molecular flexibility index (Phi) is 4.11. The fourth-order valence-corrected chi connectivity index (χ4v) is 3.17. The molecule has 3 heterocycles. The molecule has 1 fully saturated rings. The molecule has 2 atom stereocenters. The third kappa shape index (κ3) is 2.95. The SMILES string of the molecule is Cc1ncc(C(=O)N2CCC[C@H](c3nnc(C)o3)[C@@H]2C)c(C)n1. The maximum absolute atomic E-state index is 12.9. The van der Waals surface area contributed by atoms with Gasteiger partial charge in [-0.1, -0.05) is 0 Å². The summed E-state index contributed by atoms with van der Waals surface area (Å²) in [6.45, 7) is 8.19. The molecular formula is C16H21N5O2. The van der Waals surface area contributed by atoms with Crippen LogP contribution in [0.2, 0.25) is 0 Å². The summed E-state index contributed by atoms with van der Waals surface area (Å²) in [7, 11) is 0. The van der Waals surface area contributed by atoms with Crippen LogP contribution in [0.15, 0.2) is 10.6 Å². The van der Waals surface area contributed by atoms with E-state index < -0.39 is 0 Å². The Balaban J connectivity index is 1.85. The van der Waals surface area contributed by atoms with Gasteiger partial charge in [-0.3, -0.25) is 4.79 Å². The van der Waals surface area contributed by atoms with Gasteiger partial charge in [-0.25, -0.2) is 9.97 Å². The summed E-state index contributed by atoms with van der Waals surface area (Å²) in [6, 6.07) is -0.00296. The number of carbonyl (C=O) groups excluding carboxylic acids is 1. The molecule has 2 aromatic heterocycles. The molecule has 0 aliphatic carbocycles. The highest BCUT2D eigenvalue weighted by atomic mass is 16.4. The number of hydrogen-bond donors (Lipinski definition) is 0. The normalized spacial score (nSPS) is 21.5. The molecule has 3 rings (SSSR count). The Hall–Kier alpha value is -2.31. The van der Waals surface area contributed by atoms with Crippen LogP contribution in [-0.4, -0.2) is 43.6 Å². The van der Waals surface area contributed by atoms with Gasteiger partial charge in [0.15, 0.2) is 0 Å². The summed E-state index contributed by atoms with van der Waals surface area (Å²) >= 11 is 0. The number of likely N-dealkylation sites (tertiary alicyclic amines) is 1. The zero-order valence-electron chi connectivity index (χ0n) is 13.9. The van der Waals surface area contributed by atoms with Crippen LogP contribution in [0.25, 0.3) is 0 Å². The number of amides is 1. The Labute approximate surface area is 135 Å². The Morgan fingerprint density at radius 2 is 2.09 bits per heavy atom. The minimum atomic E-state index is -0.0315. The van der Waals surface area contributed by atoms with Gasteiger partial charge < -0.3 is 9.32 Å². The highest BCUT2D eigenvalue weighted by molar-refractivity contribution is 5.95. The summed E-state index contributed by atoms with van der Waals surface area (Å²) in [6.07, 6.45) is 3.47. The zero-order valence-corrected chi connectivity index (χ0v) is 13.9. The van der Waals surface area contributed by atoms with Crippen molar-refractivity contribution in [3.8, 4) is 0 Å². The number of piperidine rings is 1. The lowest BCUT2D eigenvalue weighted by Gasteiger charge is -2.38. The van der Waals surface area contributed by atoms with Gasteiger partial charge in [0.25, 0.3) is 5.91 Å². The predicted octanol–water partition coefficient (Wildman–Crippen LogP) is 2.19. The van der Waals surface area contributed by atoms with Crippen molar-refractivity contribution in [3.63, 3.8) is 0 Å². The molecule has 0 spiro atoms. The van der Waals surface area contributed by atoms with Crippen molar-refractivity contribution in [2.24, 2.45) is 0 Å². The standard InChI is InChI=1S/C16H21N5O2/c1-9-14(8-17-11(3)18-9)16(22)21-7-5-6-13(10(21)2)15-20-19-12(4)23-15/h8,10,13H,5-7H2,1-4H3/t10-,13-/m0/s1. The maximum atomic E-state index is 12.9. The van der Waals surface area contributed by atoms with Gasteiger partial charge in [0.1, 0.15) is 5.82 Å². The van der Waals surface area contributed by atoms with Crippen molar-refractivity contribution in [2.75, 3.05) is 6.54 Å². The number of aryl methyl sites for hydroxylation is 3. The summed E-state index contributed by atoms with van der Waals surface area (Å²) in [5, 5.41) is 8.04. The molecule has 23 heavy (non-hydrogen) atoms. The van der Waals surface area contributed by atoms with Crippen molar-refractivity contribution in [3.05, 3.63) is 35.1 Å². The van der Waals surface area contributed by atoms with Gasteiger partial charge >= 0.3 is 0 Å². The molecule has 1 saturated heterocycles. The fourth-order valence-electron chi connectivity index (χ4n) is 3.17. The fraction of sp³-hybridized carbons (Fsp3) is 0.562. The van der Waals surface area contributed by atoms with Crippen LogP contribution in [0.4, 0.5) is 0 Å². The van der Waals surface area contributed by atoms with E-state index in [0.29, 0.717) is 28.9 Å². The molecule has 2 aromatic rings. The number of rotatable bonds is 2. The third-order valence-corrected chi connectivity index (χ3v) is 4.44. The van der Waals surface area contributed by atoms with E-state index in [4.69, 9.17) is 4.42 Å². The summed E-state index contributed by atoms with van der Waals surface area (Å²) < 4.78 is 5.58. The number of aromatic nitrogens is 4. The first-order valence-corrected chi connectivity index (χ1v) is 7.88. The first kappa shape index (κ1) is 15.6. The minimum Gasteiger partial charge on any atom is -0.425 e. The van der Waals surface area contributed by atoms with Crippen LogP contribution in [-0.2, 0) is 0 Å². The average Bonchev–Trinajstić information content (AvgIpc) is 2.93. The van der Waals surface area contributed by atoms with Crippen LogP contribution < -0.4 is 0 Å². The van der Waals surface area contributed by atoms with E-state index >= 15 is 0 Å². The van der Waals surface area contributed by atoms with E-state index in [0.717, 1.165) is 19.4 Å². The highest BCUT2D eigenvalue weighted by Gasteiger charge is 2.36. The molecule has 0 aromatic carbocycles. The molecular weight excluding hydrogens is 294 g/mol. The minimum absolute atomic E-state index is 0.00296. The van der Waals surface area contributed by atoms with Gasteiger partial charge in [-0.15, -0.1) is 10.2 Å². The van der Waals surface area contributed by atoms with Crippen LogP contribution >= 0.6 is 0 Å². The lowest BCUT2D eigenvalue weighted by Crippen LogP contribution is -2.46. The molecule has 7 nitrogen and oxygen atoms in total. The van der Waals surface area contributed by atoms with Crippen LogP contribution in [0.3, 0.4) is 0 Å². The van der Waals surface area contributed by atoms with Crippen molar-refractivity contribution >= 4 is 5.91 Å². The molecule has 1 aliphatic heterocycles. The molecule has 0 unspecified atom stereocenters. The molecule has 0 saturated carbocycles. The second kappa shape index (κ2) is 6.06. The smallest absolute Gasteiger partial charge is 0.257 e. The van der Waals surface area contributed by atoms with E-state index in [9.17, 15) is 4.79 Å². The van der Waals surface area contributed by atoms with Crippen LogP contribution in [0.1, 0.15) is 59.3 Å². The number of hydrogen-bond acceptors (Lipinski definition) is 6. The largest absolute Gasteiger partial charge is 0.425 e. The van der Waals surface area contributed by atoms with Crippen molar-refractivity contribution in [1.82, 2.24) is 25.1 Å². The maximum Gasteiger partial charge on any atom is 0.257 e.